The Morgan fingerprint density at radius 2 is 2.00 bits per heavy atom. The summed E-state index contributed by atoms with van der Waals surface area (Å²) in [6.45, 7) is 0. The number of ether oxygens (including phenoxy) is 2. The van der Waals surface area contributed by atoms with E-state index in [-0.39, 0.29) is 18.1 Å². The van der Waals surface area contributed by atoms with Crippen molar-refractivity contribution in [2.75, 3.05) is 12.1 Å². The van der Waals surface area contributed by atoms with Crippen molar-refractivity contribution in [2.24, 2.45) is 0 Å². The highest BCUT2D eigenvalue weighted by molar-refractivity contribution is 6.17. The van der Waals surface area contributed by atoms with E-state index >= 15 is 0 Å². The van der Waals surface area contributed by atoms with Gasteiger partial charge >= 0.3 is 6.01 Å². The lowest BCUT2D eigenvalue weighted by molar-refractivity contribution is 0.329. The second-order valence-electron chi connectivity index (χ2n) is 1.68. The Morgan fingerprint density at radius 1 is 1.25 bits per heavy atom. The Kier molecular flexibility index (Phi) is 3.90. The number of halogens is 2. The minimum absolute atomic E-state index is 0.00429. The Morgan fingerprint density at radius 3 is 2.67 bits per heavy atom. The molecule has 12 heavy (non-hydrogen) atoms. The van der Waals surface area contributed by atoms with E-state index < -0.39 is 0 Å². The molecule has 0 N–H and O–H groups in total. The van der Waals surface area contributed by atoms with Crippen molar-refractivity contribution in [1.29, 1.82) is 0 Å². The van der Waals surface area contributed by atoms with Crippen LogP contribution in [0.2, 0.25) is 0 Å². The third kappa shape index (κ3) is 2.71. The van der Waals surface area contributed by atoms with E-state index in [1.807, 2.05) is 0 Å². The normalized spacial score (nSPS) is 9.50. The summed E-state index contributed by atoms with van der Waals surface area (Å²) in [5.41, 5.74) is 0. The summed E-state index contributed by atoms with van der Waals surface area (Å²) in [6, 6.07) is 1.79. The van der Waals surface area contributed by atoms with E-state index in [1.165, 1.54) is 6.20 Å². The van der Waals surface area contributed by atoms with Gasteiger partial charge in [-0.3, -0.25) is 0 Å². The van der Waals surface area contributed by atoms with Gasteiger partial charge in [0.15, 0.2) is 12.1 Å². The van der Waals surface area contributed by atoms with Crippen LogP contribution in [0.4, 0.5) is 0 Å². The molecule has 0 fully saturated rings. The van der Waals surface area contributed by atoms with E-state index in [0.29, 0.717) is 5.88 Å². The zero-order valence-corrected chi connectivity index (χ0v) is 7.55. The lowest BCUT2D eigenvalue weighted by atomic mass is 10.6. The average Bonchev–Trinajstić information content (AvgIpc) is 2.06. The van der Waals surface area contributed by atoms with E-state index in [2.05, 4.69) is 9.97 Å². The van der Waals surface area contributed by atoms with Crippen LogP contribution in [0.15, 0.2) is 12.3 Å². The predicted octanol–water partition coefficient (Wildman–Crippen LogP) is 1.63. The fraction of sp³-hybridized carbons (Fsp3) is 0.333. The van der Waals surface area contributed by atoms with Crippen LogP contribution in [0.1, 0.15) is 0 Å². The molecule has 66 valence electrons. The highest BCUT2D eigenvalue weighted by Crippen LogP contribution is 2.10. The van der Waals surface area contributed by atoms with E-state index in [4.69, 9.17) is 32.7 Å². The van der Waals surface area contributed by atoms with Gasteiger partial charge in [0.25, 0.3) is 0 Å². The summed E-state index contributed by atoms with van der Waals surface area (Å²) in [5, 5.41) is 0. The van der Waals surface area contributed by atoms with Gasteiger partial charge in [0.1, 0.15) is 0 Å². The standard InChI is InChI=1S/C6H6Cl2N2O2/c7-3-11-5-1-2-9-6(10-5)12-4-8/h1-2H,3-4H2. The molecule has 4 nitrogen and oxygen atoms in total. The van der Waals surface area contributed by atoms with Crippen LogP contribution in [-0.2, 0) is 0 Å². The van der Waals surface area contributed by atoms with Gasteiger partial charge in [0.2, 0.25) is 5.88 Å². The van der Waals surface area contributed by atoms with Crippen LogP contribution in [0.5, 0.6) is 11.9 Å². The van der Waals surface area contributed by atoms with Crippen molar-refractivity contribution in [3.05, 3.63) is 12.3 Å². The van der Waals surface area contributed by atoms with Gasteiger partial charge in [-0.25, -0.2) is 4.98 Å². The topological polar surface area (TPSA) is 44.2 Å². The van der Waals surface area contributed by atoms with Crippen molar-refractivity contribution < 1.29 is 9.47 Å². The monoisotopic (exact) mass is 208 g/mol. The highest BCUT2D eigenvalue weighted by atomic mass is 35.5. The molecule has 1 aromatic heterocycles. The average molecular weight is 209 g/mol. The van der Waals surface area contributed by atoms with Crippen molar-refractivity contribution in [3.8, 4) is 11.9 Å². The Labute approximate surface area is 79.4 Å². The largest absolute Gasteiger partial charge is 0.461 e. The van der Waals surface area contributed by atoms with Crippen LogP contribution < -0.4 is 9.47 Å². The molecular weight excluding hydrogens is 203 g/mol. The number of rotatable bonds is 4. The molecule has 1 heterocycles. The van der Waals surface area contributed by atoms with Gasteiger partial charge in [0.05, 0.1) is 0 Å². The summed E-state index contributed by atoms with van der Waals surface area (Å²) in [5.74, 6) is 0.361. The number of hydrogen-bond acceptors (Lipinski definition) is 4. The first kappa shape index (κ1) is 9.35. The first-order valence-electron chi connectivity index (χ1n) is 3.07. The van der Waals surface area contributed by atoms with Crippen LogP contribution >= 0.6 is 23.2 Å². The summed E-state index contributed by atoms with van der Waals surface area (Å²) in [6.07, 6.45) is 1.50. The Hall–Kier alpha value is -0.740. The van der Waals surface area contributed by atoms with Crippen LogP contribution in [0.25, 0.3) is 0 Å². The molecule has 0 radical (unpaired) electrons. The molecular formula is C6H6Cl2N2O2. The van der Waals surface area contributed by atoms with E-state index in [1.54, 1.807) is 6.07 Å². The highest BCUT2D eigenvalue weighted by Gasteiger charge is 1.98. The maximum Gasteiger partial charge on any atom is 0.320 e. The summed E-state index contributed by atoms with van der Waals surface area (Å²) in [4.78, 5) is 7.60. The molecule has 0 bridgehead atoms. The SMILES string of the molecule is ClCOc1ccnc(OCCl)n1. The van der Waals surface area contributed by atoms with Gasteiger partial charge in [-0.1, -0.05) is 23.2 Å². The predicted molar refractivity (Wildman–Crippen MR) is 44.7 cm³/mol. The van der Waals surface area contributed by atoms with Gasteiger partial charge in [-0.05, 0) is 0 Å². The summed E-state index contributed by atoms with van der Waals surface area (Å²) in [7, 11) is 0. The molecule has 0 aromatic carbocycles. The second-order valence-corrected chi connectivity index (χ2v) is 2.12. The molecule has 0 saturated heterocycles. The molecule has 0 aliphatic heterocycles. The van der Waals surface area contributed by atoms with Gasteiger partial charge < -0.3 is 9.47 Å². The van der Waals surface area contributed by atoms with Crippen LogP contribution in [-0.4, -0.2) is 22.1 Å². The fourth-order valence-corrected chi connectivity index (χ4v) is 0.789. The maximum absolute atomic E-state index is 5.32. The minimum atomic E-state index is 0.00429. The number of nitrogens with zero attached hydrogens (tertiary/aromatic N) is 2. The van der Waals surface area contributed by atoms with Crippen LogP contribution in [0, 0.1) is 0 Å². The summed E-state index contributed by atoms with van der Waals surface area (Å²) >= 11 is 10.6. The maximum atomic E-state index is 5.32. The van der Waals surface area contributed by atoms with E-state index in [9.17, 15) is 0 Å². The molecule has 0 saturated carbocycles. The smallest absolute Gasteiger partial charge is 0.320 e. The fourth-order valence-electron chi connectivity index (χ4n) is 0.580. The minimum Gasteiger partial charge on any atom is -0.461 e. The molecule has 1 aromatic rings. The molecule has 0 spiro atoms. The number of aromatic nitrogens is 2. The van der Waals surface area contributed by atoms with Crippen molar-refractivity contribution in [3.63, 3.8) is 0 Å². The molecule has 0 aliphatic carbocycles. The molecule has 0 aliphatic rings. The quantitative estimate of drug-likeness (QED) is 0.706. The lowest BCUT2D eigenvalue weighted by Gasteiger charge is -2.01. The molecule has 0 amide bonds. The Balaban J connectivity index is 2.67. The number of hydrogen-bond donors (Lipinski definition) is 0. The zero-order chi connectivity index (χ0) is 8.81. The van der Waals surface area contributed by atoms with Gasteiger partial charge in [-0.15, -0.1) is 0 Å². The van der Waals surface area contributed by atoms with Crippen LogP contribution in [0.3, 0.4) is 0 Å². The van der Waals surface area contributed by atoms with Crippen molar-refractivity contribution in [2.45, 2.75) is 0 Å². The second kappa shape index (κ2) is 5.00. The summed E-state index contributed by atoms with van der Waals surface area (Å²) < 4.78 is 9.70. The third-order valence-corrected chi connectivity index (χ3v) is 1.21. The molecule has 6 heteroatoms. The van der Waals surface area contributed by atoms with Gasteiger partial charge in [-0.2, -0.15) is 4.98 Å². The van der Waals surface area contributed by atoms with E-state index in [0.717, 1.165) is 0 Å². The third-order valence-electron chi connectivity index (χ3n) is 0.994. The molecule has 0 atom stereocenters. The zero-order valence-electron chi connectivity index (χ0n) is 6.04. The first-order chi connectivity index (χ1) is 5.86. The molecule has 1 rings (SSSR count). The van der Waals surface area contributed by atoms with Gasteiger partial charge in [0, 0.05) is 12.3 Å². The number of alkyl halides is 2. The lowest BCUT2D eigenvalue weighted by Crippen LogP contribution is -1.98. The molecule has 0 unspecified atom stereocenters. The first-order valence-corrected chi connectivity index (χ1v) is 4.14. The van der Waals surface area contributed by atoms with Crippen molar-refractivity contribution >= 4 is 23.2 Å². The Bertz CT molecular complexity index is 225. The van der Waals surface area contributed by atoms with Crippen molar-refractivity contribution in [1.82, 2.24) is 9.97 Å².